The van der Waals surface area contributed by atoms with Gasteiger partial charge in [0.15, 0.2) is 0 Å². The van der Waals surface area contributed by atoms with Crippen LogP contribution in [0.1, 0.15) is 24.5 Å². The van der Waals surface area contributed by atoms with Gasteiger partial charge in [0.1, 0.15) is 0 Å². The van der Waals surface area contributed by atoms with Gasteiger partial charge >= 0.3 is 0 Å². The molecule has 0 amide bonds. The molecule has 3 N–H and O–H groups in total. The molecule has 1 aliphatic rings. The van der Waals surface area contributed by atoms with Crippen LogP contribution < -0.4 is 5.32 Å². The van der Waals surface area contributed by atoms with Crippen molar-refractivity contribution in [2.45, 2.75) is 25.8 Å². The smallest absolute Gasteiger partial charge is 0.0646 e. The zero-order valence-corrected chi connectivity index (χ0v) is 12.9. The third kappa shape index (κ3) is 1.79. The summed E-state index contributed by atoms with van der Waals surface area (Å²) in [6.07, 6.45) is 0.676. The number of aryl methyl sites for hydroxylation is 1. The predicted molar refractivity (Wildman–Crippen MR) is 91.1 cm³/mol. The minimum absolute atomic E-state index is 0.156. The number of benzene rings is 2. The largest absolute Gasteiger partial charge is 0.396 e. The van der Waals surface area contributed by atoms with E-state index in [0.717, 1.165) is 11.2 Å². The van der Waals surface area contributed by atoms with Gasteiger partial charge in [-0.2, -0.15) is 0 Å². The Kier molecular flexibility index (Phi) is 2.81. The molecule has 1 atom stereocenters. The molecule has 4 rings (SSSR count). The van der Waals surface area contributed by atoms with Crippen molar-refractivity contribution in [3.63, 3.8) is 0 Å². The molecule has 0 saturated carbocycles. The van der Waals surface area contributed by atoms with Gasteiger partial charge in [-0.15, -0.1) is 0 Å². The molecule has 112 valence electrons. The third-order valence-corrected chi connectivity index (χ3v) is 4.72. The monoisotopic (exact) mass is 292 g/mol. The van der Waals surface area contributed by atoms with Crippen LogP contribution in [0, 0.1) is 6.92 Å². The summed E-state index contributed by atoms with van der Waals surface area (Å²) in [4.78, 5) is 3.59. The van der Waals surface area contributed by atoms with Crippen LogP contribution >= 0.6 is 0 Å². The molecule has 0 aliphatic carbocycles. The van der Waals surface area contributed by atoms with Crippen molar-refractivity contribution in [3.8, 4) is 11.3 Å². The molecule has 3 heteroatoms. The number of para-hydroxylation sites is 1. The van der Waals surface area contributed by atoms with E-state index in [2.05, 4.69) is 60.5 Å². The van der Waals surface area contributed by atoms with Crippen molar-refractivity contribution in [1.82, 2.24) is 4.98 Å². The number of rotatable bonds is 2. The quantitative estimate of drug-likeness (QED) is 0.664. The minimum atomic E-state index is -0.273. The molecule has 2 heterocycles. The Hall–Kier alpha value is -2.26. The Morgan fingerprint density at radius 2 is 1.95 bits per heavy atom. The van der Waals surface area contributed by atoms with E-state index in [0.29, 0.717) is 6.42 Å². The fraction of sp³-hybridized carbons (Fsp3) is 0.263. The molecule has 1 aliphatic heterocycles. The maximum atomic E-state index is 9.57. The molecule has 1 unspecified atom stereocenters. The van der Waals surface area contributed by atoms with Gasteiger partial charge in [-0.25, -0.2) is 0 Å². The summed E-state index contributed by atoms with van der Waals surface area (Å²) in [6, 6.07) is 14.9. The Balaban J connectivity index is 2.09. The van der Waals surface area contributed by atoms with Gasteiger partial charge in [0.25, 0.3) is 0 Å². The molecule has 1 aromatic heterocycles. The molecule has 0 saturated heterocycles. The average molecular weight is 292 g/mol. The van der Waals surface area contributed by atoms with Crippen molar-refractivity contribution in [1.29, 1.82) is 0 Å². The number of aliphatic hydroxyl groups excluding tert-OH is 1. The molecule has 0 fully saturated rings. The second kappa shape index (κ2) is 4.62. The summed E-state index contributed by atoms with van der Waals surface area (Å²) in [5.41, 5.74) is 6.88. The summed E-state index contributed by atoms with van der Waals surface area (Å²) in [6.45, 7) is 4.45. The van der Waals surface area contributed by atoms with Crippen molar-refractivity contribution >= 4 is 16.6 Å². The molecule has 0 radical (unpaired) electrons. The lowest BCUT2D eigenvalue weighted by Crippen LogP contribution is -2.35. The molecule has 0 bridgehead atoms. The lowest BCUT2D eigenvalue weighted by molar-refractivity contribution is 0.255. The van der Waals surface area contributed by atoms with E-state index in [9.17, 15) is 5.11 Å². The third-order valence-electron chi connectivity index (χ3n) is 4.72. The number of H-pyrrole nitrogens is 1. The van der Waals surface area contributed by atoms with E-state index >= 15 is 0 Å². The molecule has 3 nitrogen and oxygen atoms in total. The van der Waals surface area contributed by atoms with E-state index < -0.39 is 0 Å². The van der Waals surface area contributed by atoms with Gasteiger partial charge in [0, 0.05) is 34.3 Å². The Bertz CT molecular complexity index is 865. The lowest BCUT2D eigenvalue weighted by Gasteiger charge is -2.37. The highest BCUT2D eigenvalue weighted by molar-refractivity contribution is 5.97. The first-order valence-corrected chi connectivity index (χ1v) is 7.74. The van der Waals surface area contributed by atoms with E-state index in [-0.39, 0.29) is 12.1 Å². The normalized spacial score (nSPS) is 19.6. The fourth-order valence-corrected chi connectivity index (χ4v) is 3.66. The number of hydrogen-bond donors (Lipinski definition) is 3. The molecule has 22 heavy (non-hydrogen) atoms. The van der Waals surface area contributed by atoms with E-state index in [4.69, 9.17) is 0 Å². The van der Waals surface area contributed by atoms with Crippen LogP contribution in [0.4, 0.5) is 5.69 Å². The zero-order chi connectivity index (χ0) is 15.3. The Morgan fingerprint density at radius 1 is 1.14 bits per heavy atom. The van der Waals surface area contributed by atoms with Crippen molar-refractivity contribution in [2.75, 3.05) is 11.9 Å². The van der Waals surface area contributed by atoms with E-state index in [1.165, 1.54) is 27.8 Å². The molecule has 0 spiro atoms. The highest BCUT2D eigenvalue weighted by atomic mass is 16.3. The summed E-state index contributed by atoms with van der Waals surface area (Å²) < 4.78 is 0. The lowest BCUT2D eigenvalue weighted by atomic mass is 9.81. The van der Waals surface area contributed by atoms with Gasteiger partial charge in [0.05, 0.1) is 11.2 Å². The van der Waals surface area contributed by atoms with Gasteiger partial charge < -0.3 is 15.4 Å². The molecular formula is C19H20N2O. The zero-order valence-electron chi connectivity index (χ0n) is 12.9. The average Bonchev–Trinajstić information content (AvgIpc) is 2.87. The van der Waals surface area contributed by atoms with Crippen LogP contribution in [-0.4, -0.2) is 16.7 Å². The summed E-state index contributed by atoms with van der Waals surface area (Å²) in [5.74, 6) is 0. The first kappa shape index (κ1) is 13.4. The van der Waals surface area contributed by atoms with Crippen LogP contribution in [0.15, 0.2) is 42.5 Å². The summed E-state index contributed by atoms with van der Waals surface area (Å²) in [7, 11) is 0. The SMILES string of the molecule is Cc1ccc2[nH]c3c(c2c1)C(C)(CCO)Nc1ccccc1-3. The molecular weight excluding hydrogens is 272 g/mol. The Morgan fingerprint density at radius 3 is 2.77 bits per heavy atom. The first-order chi connectivity index (χ1) is 10.6. The second-order valence-corrected chi connectivity index (χ2v) is 6.40. The highest BCUT2D eigenvalue weighted by Gasteiger charge is 2.36. The van der Waals surface area contributed by atoms with Crippen molar-refractivity contribution in [2.24, 2.45) is 0 Å². The van der Waals surface area contributed by atoms with Crippen LogP contribution in [0.5, 0.6) is 0 Å². The van der Waals surface area contributed by atoms with Gasteiger partial charge in [-0.1, -0.05) is 29.8 Å². The predicted octanol–water partition coefficient (Wildman–Crippen LogP) is 4.17. The van der Waals surface area contributed by atoms with Crippen LogP contribution in [0.25, 0.3) is 22.2 Å². The maximum absolute atomic E-state index is 9.57. The van der Waals surface area contributed by atoms with Gasteiger partial charge in [-0.05, 0) is 38.5 Å². The second-order valence-electron chi connectivity index (χ2n) is 6.40. The number of aliphatic hydroxyl groups is 1. The van der Waals surface area contributed by atoms with E-state index in [1.807, 2.05) is 6.07 Å². The van der Waals surface area contributed by atoms with Crippen molar-refractivity contribution < 1.29 is 5.11 Å². The summed E-state index contributed by atoms with van der Waals surface area (Å²) >= 11 is 0. The number of nitrogens with one attached hydrogen (secondary N) is 2. The minimum Gasteiger partial charge on any atom is -0.396 e. The maximum Gasteiger partial charge on any atom is 0.0646 e. The van der Waals surface area contributed by atoms with Crippen LogP contribution in [0.3, 0.4) is 0 Å². The first-order valence-electron chi connectivity index (χ1n) is 7.74. The molecule has 3 aromatic rings. The number of fused-ring (bicyclic) bond motifs is 5. The number of hydrogen-bond acceptors (Lipinski definition) is 2. The van der Waals surface area contributed by atoms with Crippen molar-refractivity contribution in [3.05, 3.63) is 53.6 Å². The van der Waals surface area contributed by atoms with Crippen LogP contribution in [0.2, 0.25) is 0 Å². The topological polar surface area (TPSA) is 48.0 Å². The van der Waals surface area contributed by atoms with Crippen LogP contribution in [-0.2, 0) is 5.54 Å². The van der Waals surface area contributed by atoms with Gasteiger partial charge in [0.2, 0.25) is 0 Å². The summed E-state index contributed by atoms with van der Waals surface area (Å²) in [5, 5.41) is 14.5. The van der Waals surface area contributed by atoms with E-state index in [1.54, 1.807) is 0 Å². The molecule has 2 aromatic carbocycles. The standard InChI is InChI=1S/C19H20N2O/c1-12-7-8-15-14(11-12)17-18(20-15)13-5-3-4-6-16(13)21-19(17,2)9-10-22/h3-8,11,20-22H,9-10H2,1-2H3. The number of aromatic nitrogens is 1. The highest BCUT2D eigenvalue weighted by Crippen LogP contribution is 2.47. The Labute approximate surface area is 130 Å². The van der Waals surface area contributed by atoms with Gasteiger partial charge in [-0.3, -0.25) is 0 Å². The fourth-order valence-electron chi connectivity index (χ4n) is 3.66. The number of anilines is 1. The number of aromatic amines is 1.